The molecule has 0 atom stereocenters. The van der Waals surface area contributed by atoms with Crippen molar-refractivity contribution in [3.05, 3.63) is 74.8 Å². The molecule has 2 aromatic heterocycles. The average Bonchev–Trinajstić information content (AvgIpc) is 3.04. The Hall–Kier alpha value is -2.72. The molecular weight excluding hydrogens is 292 g/mol. The van der Waals surface area contributed by atoms with Crippen LogP contribution in [0.15, 0.2) is 58.7 Å². The second kappa shape index (κ2) is 5.24. The van der Waals surface area contributed by atoms with Crippen LogP contribution in [0.5, 0.6) is 0 Å². The van der Waals surface area contributed by atoms with Crippen molar-refractivity contribution in [1.82, 2.24) is 9.97 Å². The summed E-state index contributed by atoms with van der Waals surface area (Å²) < 4.78 is 0. The number of hydrogen-bond acceptors (Lipinski definition) is 3. The van der Waals surface area contributed by atoms with E-state index in [1.165, 1.54) is 0 Å². The van der Waals surface area contributed by atoms with Gasteiger partial charge in [0.1, 0.15) is 5.69 Å². The van der Waals surface area contributed by atoms with Crippen molar-refractivity contribution in [2.24, 2.45) is 0 Å². The lowest BCUT2D eigenvalue weighted by atomic mass is 10.1. The van der Waals surface area contributed by atoms with Crippen molar-refractivity contribution in [2.75, 3.05) is 0 Å². The van der Waals surface area contributed by atoms with E-state index in [0.29, 0.717) is 5.69 Å². The van der Waals surface area contributed by atoms with Crippen LogP contribution in [0.4, 0.5) is 0 Å². The molecule has 4 rings (SSSR count). The van der Waals surface area contributed by atoms with Gasteiger partial charge in [-0.05, 0) is 46.5 Å². The lowest BCUT2D eigenvalue weighted by Gasteiger charge is -2.02. The monoisotopic (exact) mass is 304 g/mol. The molecule has 4 aromatic rings. The highest BCUT2D eigenvalue weighted by Gasteiger charge is 2.04. The normalized spacial score (nSPS) is 11.6. The van der Waals surface area contributed by atoms with E-state index >= 15 is 0 Å². The molecule has 0 aliphatic heterocycles. The molecule has 106 valence electrons. The SMILES string of the molecule is O=c1[nH]c2cc3ccccc3cc2nc1/C=C/c1cccs1. The van der Waals surface area contributed by atoms with Crippen LogP contribution in [-0.2, 0) is 0 Å². The first kappa shape index (κ1) is 13.0. The minimum atomic E-state index is -0.171. The number of benzene rings is 2. The summed E-state index contributed by atoms with van der Waals surface area (Å²) in [5.41, 5.74) is 1.81. The summed E-state index contributed by atoms with van der Waals surface area (Å²) >= 11 is 1.63. The van der Waals surface area contributed by atoms with Crippen LogP contribution < -0.4 is 5.56 Å². The molecule has 3 nitrogen and oxygen atoms in total. The smallest absolute Gasteiger partial charge is 0.274 e. The Kier molecular flexibility index (Phi) is 3.09. The van der Waals surface area contributed by atoms with E-state index in [9.17, 15) is 4.79 Å². The molecule has 0 saturated carbocycles. The summed E-state index contributed by atoms with van der Waals surface area (Å²) in [6.45, 7) is 0. The van der Waals surface area contributed by atoms with Crippen molar-refractivity contribution in [2.45, 2.75) is 0 Å². The van der Waals surface area contributed by atoms with Gasteiger partial charge in [0.05, 0.1) is 11.0 Å². The highest BCUT2D eigenvalue weighted by molar-refractivity contribution is 7.10. The fraction of sp³-hybridized carbons (Fsp3) is 0. The van der Waals surface area contributed by atoms with Crippen LogP contribution in [-0.4, -0.2) is 9.97 Å². The molecule has 0 unspecified atom stereocenters. The number of fused-ring (bicyclic) bond motifs is 2. The second-order valence-corrected chi connectivity index (χ2v) is 6.00. The van der Waals surface area contributed by atoms with Gasteiger partial charge in [0, 0.05) is 4.88 Å². The summed E-state index contributed by atoms with van der Waals surface area (Å²) in [5, 5.41) is 4.21. The number of nitrogens with one attached hydrogen (secondary N) is 1. The quantitative estimate of drug-likeness (QED) is 0.561. The van der Waals surface area contributed by atoms with Crippen LogP contribution in [0.1, 0.15) is 10.6 Å². The summed E-state index contributed by atoms with van der Waals surface area (Å²) in [7, 11) is 0. The topological polar surface area (TPSA) is 45.8 Å². The average molecular weight is 304 g/mol. The number of H-pyrrole nitrogens is 1. The molecule has 2 aromatic carbocycles. The third-order valence-corrected chi connectivity index (χ3v) is 4.37. The van der Waals surface area contributed by atoms with E-state index in [2.05, 4.69) is 9.97 Å². The Morgan fingerprint density at radius 1 is 1.00 bits per heavy atom. The summed E-state index contributed by atoms with van der Waals surface area (Å²) in [6, 6.07) is 16.0. The third-order valence-electron chi connectivity index (χ3n) is 3.53. The Labute approximate surface area is 130 Å². The fourth-order valence-corrected chi connectivity index (χ4v) is 3.07. The molecule has 1 N–H and O–H groups in total. The first-order valence-electron chi connectivity index (χ1n) is 6.94. The van der Waals surface area contributed by atoms with Gasteiger partial charge < -0.3 is 4.98 Å². The Balaban J connectivity index is 1.87. The van der Waals surface area contributed by atoms with E-state index in [-0.39, 0.29) is 5.56 Å². The number of nitrogens with zero attached hydrogens (tertiary/aromatic N) is 1. The largest absolute Gasteiger partial charge is 0.319 e. The standard InChI is InChI=1S/C18H12N2OS/c21-18-15(8-7-14-6-3-9-22-14)19-16-10-12-4-1-2-5-13(12)11-17(16)20-18/h1-11H,(H,20,21)/b8-7+. The molecule has 0 amide bonds. The van der Waals surface area contributed by atoms with Crippen LogP contribution in [0.3, 0.4) is 0 Å². The number of rotatable bonds is 2. The Morgan fingerprint density at radius 3 is 2.59 bits per heavy atom. The minimum Gasteiger partial charge on any atom is -0.319 e. The van der Waals surface area contributed by atoms with Crippen molar-refractivity contribution in [3.8, 4) is 0 Å². The zero-order valence-electron chi connectivity index (χ0n) is 11.6. The molecule has 0 saturated heterocycles. The van der Waals surface area contributed by atoms with Gasteiger partial charge in [-0.3, -0.25) is 4.79 Å². The van der Waals surface area contributed by atoms with Gasteiger partial charge in [-0.25, -0.2) is 4.98 Å². The summed E-state index contributed by atoms with van der Waals surface area (Å²) in [4.78, 5) is 20.7. The molecule has 0 aliphatic rings. The van der Waals surface area contributed by atoms with E-state index in [1.807, 2.05) is 60.0 Å². The maximum Gasteiger partial charge on any atom is 0.274 e. The van der Waals surface area contributed by atoms with Gasteiger partial charge in [0.2, 0.25) is 0 Å². The van der Waals surface area contributed by atoms with Gasteiger partial charge >= 0.3 is 0 Å². The van der Waals surface area contributed by atoms with E-state index < -0.39 is 0 Å². The zero-order chi connectivity index (χ0) is 14.9. The van der Waals surface area contributed by atoms with E-state index in [0.717, 1.165) is 26.7 Å². The van der Waals surface area contributed by atoms with Gasteiger partial charge in [0.25, 0.3) is 5.56 Å². The van der Waals surface area contributed by atoms with Crippen molar-refractivity contribution in [3.63, 3.8) is 0 Å². The van der Waals surface area contributed by atoms with Crippen molar-refractivity contribution >= 4 is 45.3 Å². The van der Waals surface area contributed by atoms with Crippen molar-refractivity contribution < 1.29 is 0 Å². The highest BCUT2D eigenvalue weighted by Crippen LogP contribution is 2.19. The number of aromatic nitrogens is 2. The molecule has 22 heavy (non-hydrogen) atoms. The Morgan fingerprint density at radius 2 is 1.82 bits per heavy atom. The predicted octanol–water partition coefficient (Wildman–Crippen LogP) is 4.31. The predicted molar refractivity (Wildman–Crippen MR) is 93.1 cm³/mol. The molecule has 0 aliphatic carbocycles. The maximum atomic E-state index is 12.2. The van der Waals surface area contributed by atoms with Crippen LogP contribution in [0, 0.1) is 0 Å². The molecule has 0 bridgehead atoms. The lowest BCUT2D eigenvalue weighted by molar-refractivity contribution is 1.20. The highest BCUT2D eigenvalue weighted by atomic mass is 32.1. The molecular formula is C18H12N2OS. The van der Waals surface area contributed by atoms with Crippen LogP contribution in [0.2, 0.25) is 0 Å². The summed E-state index contributed by atoms with van der Waals surface area (Å²) in [6.07, 6.45) is 3.68. The van der Waals surface area contributed by atoms with Crippen LogP contribution in [0.25, 0.3) is 34.0 Å². The maximum absolute atomic E-state index is 12.2. The third kappa shape index (κ3) is 2.34. The van der Waals surface area contributed by atoms with Gasteiger partial charge in [-0.2, -0.15) is 0 Å². The van der Waals surface area contributed by atoms with Gasteiger partial charge in [-0.1, -0.05) is 30.3 Å². The first-order valence-corrected chi connectivity index (χ1v) is 7.82. The fourth-order valence-electron chi connectivity index (χ4n) is 2.45. The van der Waals surface area contributed by atoms with Gasteiger partial charge in [-0.15, -0.1) is 11.3 Å². The summed E-state index contributed by atoms with van der Waals surface area (Å²) in [5.74, 6) is 0. The molecule has 0 radical (unpaired) electrons. The Bertz CT molecular complexity index is 1050. The number of thiophene rings is 1. The lowest BCUT2D eigenvalue weighted by Crippen LogP contribution is -2.11. The molecule has 0 spiro atoms. The van der Waals surface area contributed by atoms with E-state index in [1.54, 1.807) is 17.4 Å². The van der Waals surface area contributed by atoms with Crippen LogP contribution >= 0.6 is 11.3 Å². The zero-order valence-corrected chi connectivity index (χ0v) is 12.4. The number of aromatic amines is 1. The van der Waals surface area contributed by atoms with Crippen molar-refractivity contribution in [1.29, 1.82) is 0 Å². The minimum absolute atomic E-state index is 0.171. The molecule has 0 fully saturated rings. The number of hydrogen-bond donors (Lipinski definition) is 1. The van der Waals surface area contributed by atoms with Gasteiger partial charge in [0.15, 0.2) is 0 Å². The second-order valence-electron chi connectivity index (χ2n) is 5.02. The molecule has 2 heterocycles. The van der Waals surface area contributed by atoms with E-state index in [4.69, 9.17) is 0 Å². The first-order chi connectivity index (χ1) is 10.8. The molecule has 4 heteroatoms.